The molecule has 1 saturated carbocycles. The summed E-state index contributed by atoms with van der Waals surface area (Å²) in [5, 5.41) is 13.6. The van der Waals surface area contributed by atoms with Gasteiger partial charge in [-0.15, -0.1) is 0 Å². The Morgan fingerprint density at radius 3 is 2.57 bits per heavy atom. The van der Waals surface area contributed by atoms with Gasteiger partial charge in [0.05, 0.1) is 12.7 Å². The summed E-state index contributed by atoms with van der Waals surface area (Å²) < 4.78 is 5.47. The Balaban J connectivity index is 1.78. The van der Waals surface area contributed by atoms with Gasteiger partial charge < -0.3 is 15.2 Å². The lowest BCUT2D eigenvalue weighted by Gasteiger charge is -2.16. The number of amides is 1. The minimum atomic E-state index is -0.860. The molecular formula is C15H19Cl2NO3. The quantitative estimate of drug-likeness (QED) is 0.807. The fourth-order valence-corrected chi connectivity index (χ4v) is 2.41. The van der Waals surface area contributed by atoms with Crippen molar-refractivity contribution in [3.8, 4) is 0 Å². The molecule has 1 aromatic carbocycles. The largest absolute Gasteiger partial charge is 0.387 e. The number of ether oxygens (including phenoxy) is 1. The first-order chi connectivity index (χ1) is 9.95. The van der Waals surface area contributed by atoms with Crippen molar-refractivity contribution >= 4 is 29.1 Å². The molecule has 21 heavy (non-hydrogen) atoms. The average molecular weight is 332 g/mol. The van der Waals surface area contributed by atoms with E-state index in [4.69, 9.17) is 27.9 Å². The van der Waals surface area contributed by atoms with E-state index in [0.717, 1.165) is 0 Å². The van der Waals surface area contributed by atoms with E-state index >= 15 is 0 Å². The fraction of sp³-hybridized carbons (Fsp3) is 0.533. The second kappa shape index (κ2) is 7.45. The number of aliphatic hydroxyl groups is 1. The molecule has 1 aliphatic carbocycles. The van der Waals surface area contributed by atoms with Crippen LogP contribution in [0.15, 0.2) is 18.2 Å². The van der Waals surface area contributed by atoms with E-state index < -0.39 is 12.2 Å². The standard InChI is InChI=1S/C15H19Cl2NO3/c1-9(21-8-10-2-3-10)15(20)18-7-14(19)11-4-12(16)6-13(17)5-11/h4-6,9-10,14,19H,2-3,7-8H2,1H3,(H,18,20)/t9-,14-/m1/s1. The molecule has 2 rings (SSSR count). The maximum Gasteiger partial charge on any atom is 0.248 e. The lowest BCUT2D eigenvalue weighted by Crippen LogP contribution is -2.37. The van der Waals surface area contributed by atoms with Crippen LogP contribution < -0.4 is 5.32 Å². The van der Waals surface area contributed by atoms with Gasteiger partial charge in [0.1, 0.15) is 6.10 Å². The van der Waals surface area contributed by atoms with E-state index in [-0.39, 0.29) is 12.5 Å². The van der Waals surface area contributed by atoms with Gasteiger partial charge in [0.2, 0.25) is 5.91 Å². The normalized spacial score (nSPS) is 17.3. The van der Waals surface area contributed by atoms with Gasteiger partial charge in [-0.2, -0.15) is 0 Å². The summed E-state index contributed by atoms with van der Waals surface area (Å²) in [4.78, 5) is 11.8. The summed E-state index contributed by atoms with van der Waals surface area (Å²) in [6, 6.07) is 4.83. The molecule has 0 aliphatic heterocycles. The van der Waals surface area contributed by atoms with Crippen molar-refractivity contribution in [2.75, 3.05) is 13.2 Å². The summed E-state index contributed by atoms with van der Waals surface area (Å²) in [6.45, 7) is 2.42. The van der Waals surface area contributed by atoms with E-state index in [1.54, 1.807) is 25.1 Å². The number of halogens is 2. The third-order valence-electron chi connectivity index (χ3n) is 3.39. The molecule has 1 fully saturated rings. The van der Waals surface area contributed by atoms with Crippen molar-refractivity contribution in [3.63, 3.8) is 0 Å². The number of hydrogen-bond acceptors (Lipinski definition) is 3. The van der Waals surface area contributed by atoms with Gasteiger partial charge in [0.15, 0.2) is 0 Å². The lowest BCUT2D eigenvalue weighted by atomic mass is 10.1. The van der Waals surface area contributed by atoms with Crippen LogP contribution in [0.1, 0.15) is 31.4 Å². The second-order valence-electron chi connectivity index (χ2n) is 5.38. The van der Waals surface area contributed by atoms with Crippen LogP contribution >= 0.6 is 23.2 Å². The highest BCUT2D eigenvalue weighted by atomic mass is 35.5. The van der Waals surface area contributed by atoms with Gasteiger partial charge in [-0.05, 0) is 49.4 Å². The lowest BCUT2D eigenvalue weighted by molar-refractivity contribution is -0.132. The Kier molecular flexibility index (Phi) is 5.88. The van der Waals surface area contributed by atoms with Gasteiger partial charge in [-0.25, -0.2) is 0 Å². The summed E-state index contributed by atoms with van der Waals surface area (Å²) >= 11 is 11.8. The van der Waals surface area contributed by atoms with Crippen molar-refractivity contribution in [2.24, 2.45) is 5.92 Å². The first kappa shape index (κ1) is 16.6. The van der Waals surface area contributed by atoms with Gasteiger partial charge in [0, 0.05) is 16.6 Å². The molecule has 0 saturated heterocycles. The predicted octanol–water partition coefficient (Wildman–Crippen LogP) is 2.96. The Bertz CT molecular complexity index is 485. The average Bonchev–Trinajstić information content (AvgIpc) is 3.24. The molecule has 2 N–H and O–H groups in total. The van der Waals surface area contributed by atoms with E-state index in [1.807, 2.05) is 0 Å². The summed E-state index contributed by atoms with van der Waals surface area (Å²) in [7, 11) is 0. The molecule has 116 valence electrons. The predicted molar refractivity (Wildman–Crippen MR) is 82.6 cm³/mol. The minimum Gasteiger partial charge on any atom is -0.387 e. The van der Waals surface area contributed by atoms with E-state index in [0.29, 0.717) is 28.1 Å². The van der Waals surface area contributed by atoms with Crippen LogP contribution in [0.4, 0.5) is 0 Å². The van der Waals surface area contributed by atoms with Crippen molar-refractivity contribution in [1.82, 2.24) is 5.32 Å². The van der Waals surface area contributed by atoms with Gasteiger partial charge in [0.25, 0.3) is 0 Å². The zero-order valence-electron chi connectivity index (χ0n) is 11.8. The highest BCUT2D eigenvalue weighted by Gasteiger charge is 2.24. The minimum absolute atomic E-state index is 0.0899. The fourth-order valence-electron chi connectivity index (χ4n) is 1.87. The molecule has 1 amide bonds. The van der Waals surface area contributed by atoms with Crippen LogP contribution in [0.3, 0.4) is 0 Å². The van der Waals surface area contributed by atoms with Crippen LogP contribution in [0.2, 0.25) is 10.0 Å². The van der Waals surface area contributed by atoms with Crippen LogP contribution in [0, 0.1) is 5.92 Å². The number of aliphatic hydroxyl groups excluding tert-OH is 1. The number of carbonyl (C=O) groups excluding carboxylic acids is 1. The topological polar surface area (TPSA) is 58.6 Å². The van der Waals surface area contributed by atoms with Crippen LogP contribution in [0.25, 0.3) is 0 Å². The Morgan fingerprint density at radius 1 is 1.38 bits per heavy atom. The van der Waals surface area contributed by atoms with E-state index in [9.17, 15) is 9.90 Å². The van der Waals surface area contributed by atoms with Crippen LogP contribution in [0.5, 0.6) is 0 Å². The maximum absolute atomic E-state index is 11.8. The number of nitrogens with one attached hydrogen (secondary N) is 1. The molecule has 0 radical (unpaired) electrons. The summed E-state index contributed by atoms with van der Waals surface area (Å²) in [6.07, 6.45) is 0.993. The first-order valence-corrected chi connectivity index (χ1v) is 7.74. The zero-order valence-corrected chi connectivity index (χ0v) is 13.3. The molecular weight excluding hydrogens is 313 g/mol. The molecule has 2 atom stereocenters. The molecule has 0 aromatic heterocycles. The molecule has 0 bridgehead atoms. The SMILES string of the molecule is C[C@@H](OCC1CC1)C(=O)NC[C@@H](O)c1cc(Cl)cc(Cl)c1. The molecule has 0 spiro atoms. The smallest absolute Gasteiger partial charge is 0.248 e. The third-order valence-corrected chi connectivity index (χ3v) is 3.82. The monoisotopic (exact) mass is 331 g/mol. The van der Waals surface area contributed by atoms with Gasteiger partial charge >= 0.3 is 0 Å². The Morgan fingerprint density at radius 2 is 2.00 bits per heavy atom. The Labute approximate surface area is 134 Å². The second-order valence-corrected chi connectivity index (χ2v) is 6.26. The van der Waals surface area contributed by atoms with Gasteiger partial charge in [-0.3, -0.25) is 4.79 Å². The zero-order chi connectivity index (χ0) is 15.4. The molecule has 0 unspecified atom stereocenters. The summed E-state index contributed by atoms with van der Waals surface area (Å²) in [5.41, 5.74) is 0.569. The number of carbonyl (C=O) groups is 1. The highest BCUT2D eigenvalue weighted by Crippen LogP contribution is 2.29. The molecule has 1 aromatic rings. The number of benzene rings is 1. The van der Waals surface area contributed by atoms with E-state index in [2.05, 4.69) is 5.32 Å². The number of hydrogen-bond donors (Lipinski definition) is 2. The van der Waals surface area contributed by atoms with Crippen molar-refractivity contribution in [3.05, 3.63) is 33.8 Å². The van der Waals surface area contributed by atoms with Gasteiger partial charge in [-0.1, -0.05) is 23.2 Å². The molecule has 0 heterocycles. The van der Waals surface area contributed by atoms with Crippen molar-refractivity contribution in [1.29, 1.82) is 0 Å². The molecule has 1 aliphatic rings. The van der Waals surface area contributed by atoms with Crippen molar-refractivity contribution in [2.45, 2.75) is 32.0 Å². The highest BCUT2D eigenvalue weighted by molar-refractivity contribution is 6.34. The van der Waals surface area contributed by atoms with E-state index in [1.165, 1.54) is 12.8 Å². The maximum atomic E-state index is 11.8. The van der Waals surface area contributed by atoms with Crippen LogP contribution in [-0.4, -0.2) is 30.3 Å². The molecule has 6 heteroatoms. The first-order valence-electron chi connectivity index (χ1n) is 6.99. The Hall–Kier alpha value is -0.810. The number of rotatable bonds is 7. The van der Waals surface area contributed by atoms with Crippen LogP contribution in [-0.2, 0) is 9.53 Å². The summed E-state index contributed by atoms with van der Waals surface area (Å²) in [5.74, 6) is 0.377. The van der Waals surface area contributed by atoms with Crippen molar-refractivity contribution < 1.29 is 14.6 Å². The third kappa shape index (κ3) is 5.47. The molecule has 4 nitrogen and oxygen atoms in total.